The van der Waals surface area contributed by atoms with Crippen molar-refractivity contribution in [2.75, 3.05) is 20.3 Å². The average molecular weight is 466 g/mol. The first-order valence-corrected chi connectivity index (χ1v) is 12.6. The SMILES string of the molecule is CCOc1ccc2c(c1)CCN1Cc3c(ccc(OC)c3OS(=O)(=O)c3ccccc3)CC21. The van der Waals surface area contributed by atoms with Crippen molar-refractivity contribution in [3.05, 3.63) is 82.9 Å². The van der Waals surface area contributed by atoms with Crippen LogP contribution in [0.2, 0.25) is 0 Å². The van der Waals surface area contributed by atoms with Crippen LogP contribution in [0.4, 0.5) is 0 Å². The minimum Gasteiger partial charge on any atom is -0.494 e. The molecule has 5 rings (SSSR count). The molecular weight excluding hydrogens is 438 g/mol. The van der Waals surface area contributed by atoms with Gasteiger partial charge < -0.3 is 13.7 Å². The van der Waals surface area contributed by atoms with Crippen LogP contribution in [-0.2, 0) is 29.5 Å². The molecule has 0 fully saturated rings. The third-order valence-electron chi connectivity index (χ3n) is 6.43. The zero-order valence-corrected chi connectivity index (χ0v) is 19.6. The van der Waals surface area contributed by atoms with Crippen LogP contribution in [0.25, 0.3) is 0 Å². The van der Waals surface area contributed by atoms with E-state index in [0.717, 1.165) is 36.3 Å². The summed E-state index contributed by atoms with van der Waals surface area (Å²) >= 11 is 0. The fourth-order valence-electron chi connectivity index (χ4n) is 4.85. The molecule has 1 unspecified atom stereocenters. The highest BCUT2D eigenvalue weighted by Crippen LogP contribution is 2.45. The molecule has 1 atom stereocenters. The Hall–Kier alpha value is -3.03. The minimum absolute atomic E-state index is 0.121. The molecule has 172 valence electrons. The van der Waals surface area contributed by atoms with E-state index in [1.165, 1.54) is 30.4 Å². The van der Waals surface area contributed by atoms with Crippen molar-refractivity contribution in [3.8, 4) is 17.2 Å². The van der Waals surface area contributed by atoms with Crippen LogP contribution >= 0.6 is 0 Å². The Balaban J connectivity index is 1.51. The smallest absolute Gasteiger partial charge is 0.339 e. The second-order valence-electron chi connectivity index (χ2n) is 8.32. The Bertz CT molecular complexity index is 1270. The number of rotatable bonds is 6. The molecule has 6 nitrogen and oxygen atoms in total. The first kappa shape index (κ1) is 21.8. The molecule has 0 aromatic heterocycles. The van der Waals surface area contributed by atoms with E-state index in [2.05, 4.69) is 17.0 Å². The summed E-state index contributed by atoms with van der Waals surface area (Å²) in [5.41, 5.74) is 4.59. The summed E-state index contributed by atoms with van der Waals surface area (Å²) in [6.07, 6.45) is 1.70. The number of ether oxygens (including phenoxy) is 2. The summed E-state index contributed by atoms with van der Waals surface area (Å²) < 4.78 is 42.9. The summed E-state index contributed by atoms with van der Waals surface area (Å²) in [4.78, 5) is 2.52. The van der Waals surface area contributed by atoms with Crippen molar-refractivity contribution in [2.24, 2.45) is 0 Å². The number of methoxy groups -OCH3 is 1. The van der Waals surface area contributed by atoms with Gasteiger partial charge in [-0.1, -0.05) is 30.3 Å². The largest absolute Gasteiger partial charge is 0.494 e. The van der Waals surface area contributed by atoms with E-state index in [9.17, 15) is 8.42 Å². The van der Waals surface area contributed by atoms with Crippen molar-refractivity contribution < 1.29 is 22.1 Å². The van der Waals surface area contributed by atoms with Gasteiger partial charge in [0.2, 0.25) is 0 Å². The van der Waals surface area contributed by atoms with E-state index in [1.807, 2.05) is 19.1 Å². The van der Waals surface area contributed by atoms with Crippen molar-refractivity contribution in [3.63, 3.8) is 0 Å². The summed E-state index contributed by atoms with van der Waals surface area (Å²) in [7, 11) is -2.45. The van der Waals surface area contributed by atoms with Gasteiger partial charge in [-0.25, -0.2) is 0 Å². The van der Waals surface area contributed by atoms with Gasteiger partial charge in [0.25, 0.3) is 0 Å². The van der Waals surface area contributed by atoms with E-state index >= 15 is 0 Å². The maximum Gasteiger partial charge on any atom is 0.339 e. The second kappa shape index (κ2) is 8.72. The molecule has 2 aliphatic rings. The monoisotopic (exact) mass is 465 g/mol. The number of hydrogen-bond donors (Lipinski definition) is 0. The fourth-order valence-corrected chi connectivity index (χ4v) is 5.83. The lowest BCUT2D eigenvalue weighted by molar-refractivity contribution is 0.159. The predicted octanol–water partition coefficient (Wildman–Crippen LogP) is 4.52. The fraction of sp³-hybridized carbons (Fsp3) is 0.308. The Labute approximate surface area is 194 Å². The maximum atomic E-state index is 13.0. The van der Waals surface area contributed by atoms with Crippen molar-refractivity contribution in [2.45, 2.75) is 37.2 Å². The highest BCUT2D eigenvalue weighted by Gasteiger charge is 2.35. The first-order valence-electron chi connectivity index (χ1n) is 11.2. The van der Waals surface area contributed by atoms with Crippen LogP contribution < -0.4 is 13.7 Å². The van der Waals surface area contributed by atoms with Gasteiger partial charge in [0, 0.05) is 24.7 Å². The lowest BCUT2D eigenvalue weighted by atomic mass is 9.83. The average Bonchev–Trinajstić information content (AvgIpc) is 2.83. The quantitative estimate of drug-likeness (QED) is 0.499. The van der Waals surface area contributed by atoms with Crippen LogP contribution in [0.15, 0.2) is 65.6 Å². The zero-order valence-electron chi connectivity index (χ0n) is 18.8. The number of fused-ring (bicyclic) bond motifs is 4. The van der Waals surface area contributed by atoms with Crippen LogP contribution in [0, 0.1) is 0 Å². The summed E-state index contributed by atoms with van der Waals surface area (Å²) in [6.45, 7) is 4.13. The molecule has 0 bridgehead atoms. The van der Waals surface area contributed by atoms with Gasteiger partial charge in [-0.3, -0.25) is 4.90 Å². The van der Waals surface area contributed by atoms with Gasteiger partial charge in [-0.15, -0.1) is 0 Å². The topological polar surface area (TPSA) is 65.1 Å². The Morgan fingerprint density at radius 3 is 2.61 bits per heavy atom. The zero-order chi connectivity index (χ0) is 23.0. The first-order chi connectivity index (χ1) is 16.0. The molecule has 2 heterocycles. The molecule has 7 heteroatoms. The maximum absolute atomic E-state index is 13.0. The van der Waals surface area contributed by atoms with E-state index in [0.29, 0.717) is 18.9 Å². The molecule has 0 aliphatic carbocycles. The van der Waals surface area contributed by atoms with Crippen LogP contribution in [0.1, 0.15) is 35.2 Å². The van der Waals surface area contributed by atoms with E-state index in [1.54, 1.807) is 24.3 Å². The Morgan fingerprint density at radius 1 is 1.03 bits per heavy atom. The predicted molar refractivity (Wildman–Crippen MR) is 125 cm³/mol. The summed E-state index contributed by atoms with van der Waals surface area (Å²) in [5, 5.41) is 0. The number of nitrogens with zero attached hydrogens (tertiary/aromatic N) is 1. The molecule has 33 heavy (non-hydrogen) atoms. The van der Waals surface area contributed by atoms with Gasteiger partial charge in [0.1, 0.15) is 10.6 Å². The Morgan fingerprint density at radius 2 is 1.85 bits per heavy atom. The van der Waals surface area contributed by atoms with Crippen molar-refractivity contribution in [1.82, 2.24) is 4.90 Å². The Kier molecular flexibility index (Phi) is 5.76. The molecule has 0 radical (unpaired) electrons. The van der Waals surface area contributed by atoms with Gasteiger partial charge in [0.15, 0.2) is 11.5 Å². The molecule has 0 saturated carbocycles. The normalized spacial score (nSPS) is 17.5. The molecule has 0 N–H and O–H groups in total. The molecule has 0 amide bonds. The van der Waals surface area contributed by atoms with Crippen molar-refractivity contribution >= 4 is 10.1 Å². The van der Waals surface area contributed by atoms with E-state index in [4.69, 9.17) is 13.7 Å². The standard InChI is InChI=1S/C26H27NO5S/c1-3-31-20-10-11-22-19(15-20)13-14-27-17-23-18(16-24(22)27)9-12-25(30-2)26(23)32-33(28,29)21-7-5-4-6-8-21/h4-12,15,24H,3,13-14,16-17H2,1-2H3. The van der Waals surface area contributed by atoms with E-state index in [-0.39, 0.29) is 16.7 Å². The van der Waals surface area contributed by atoms with Crippen LogP contribution in [0.3, 0.4) is 0 Å². The van der Waals surface area contributed by atoms with E-state index < -0.39 is 10.1 Å². The van der Waals surface area contributed by atoms with Gasteiger partial charge in [-0.05, 0) is 66.8 Å². The van der Waals surface area contributed by atoms with Gasteiger partial charge in [0.05, 0.1) is 13.7 Å². The minimum atomic E-state index is -3.98. The lowest BCUT2D eigenvalue weighted by Crippen LogP contribution is -2.39. The molecular formula is C26H27NO5S. The highest BCUT2D eigenvalue weighted by atomic mass is 32.2. The van der Waals surface area contributed by atoms with Gasteiger partial charge in [-0.2, -0.15) is 8.42 Å². The summed E-state index contributed by atoms with van der Waals surface area (Å²) in [5.74, 6) is 1.62. The van der Waals surface area contributed by atoms with Crippen LogP contribution in [-0.4, -0.2) is 33.6 Å². The number of benzene rings is 3. The number of hydrogen-bond acceptors (Lipinski definition) is 6. The molecule has 0 saturated heterocycles. The highest BCUT2D eigenvalue weighted by molar-refractivity contribution is 7.87. The third-order valence-corrected chi connectivity index (χ3v) is 7.67. The summed E-state index contributed by atoms with van der Waals surface area (Å²) in [6, 6.07) is 18.6. The van der Waals surface area contributed by atoms with Crippen LogP contribution in [0.5, 0.6) is 17.2 Å². The molecule has 3 aromatic rings. The third kappa shape index (κ3) is 4.07. The van der Waals surface area contributed by atoms with Crippen molar-refractivity contribution in [1.29, 1.82) is 0 Å². The lowest BCUT2D eigenvalue weighted by Gasteiger charge is -2.42. The molecule has 3 aromatic carbocycles. The molecule has 2 aliphatic heterocycles. The van der Waals surface area contributed by atoms with Gasteiger partial charge >= 0.3 is 10.1 Å². The molecule has 0 spiro atoms. The second-order valence-corrected chi connectivity index (χ2v) is 9.87.